The highest BCUT2D eigenvalue weighted by Gasteiger charge is 2.20. The van der Waals surface area contributed by atoms with Gasteiger partial charge < -0.3 is 21.5 Å². The van der Waals surface area contributed by atoms with Gasteiger partial charge in [-0.15, -0.1) is 0 Å². The number of aromatic nitrogens is 4. The third-order valence-electron chi connectivity index (χ3n) is 6.93. The number of H-pyrrole nitrogens is 1. The Kier molecular flexibility index (Phi) is 9.61. The fraction of sp³-hybridized carbons (Fsp3) is 0.379. The predicted molar refractivity (Wildman–Crippen MR) is 154 cm³/mol. The summed E-state index contributed by atoms with van der Waals surface area (Å²) in [5.41, 5.74) is 7.92. The molecule has 40 heavy (non-hydrogen) atoms. The van der Waals surface area contributed by atoms with E-state index in [1.165, 1.54) is 19.0 Å². The molecule has 2 aromatic heterocycles. The van der Waals surface area contributed by atoms with Gasteiger partial charge >= 0.3 is 5.97 Å². The molecule has 6 N–H and O–H groups in total. The van der Waals surface area contributed by atoms with E-state index in [1.807, 2.05) is 0 Å². The maximum absolute atomic E-state index is 13.1. The van der Waals surface area contributed by atoms with Gasteiger partial charge in [0.15, 0.2) is 11.2 Å². The number of carbonyl (C=O) groups is 2. The van der Waals surface area contributed by atoms with Gasteiger partial charge in [0.1, 0.15) is 0 Å². The number of hydrogen-bond donors (Lipinski definition) is 5. The summed E-state index contributed by atoms with van der Waals surface area (Å²) in [6.07, 6.45) is 12.6. The zero-order chi connectivity index (χ0) is 28.5. The number of aliphatic carboxylic acids is 1. The molecule has 0 fully saturated rings. The van der Waals surface area contributed by atoms with Crippen molar-refractivity contribution in [1.29, 1.82) is 0 Å². The molecule has 0 aliphatic heterocycles. The normalized spacial score (nSPS) is 16.9. The fourth-order valence-electron chi connectivity index (χ4n) is 4.76. The van der Waals surface area contributed by atoms with Crippen LogP contribution < -0.4 is 21.9 Å². The van der Waals surface area contributed by atoms with E-state index in [2.05, 4.69) is 49.3 Å². The SMILES string of the molecule is C=C(CC1/C=C/CCCCC1)[C@@H](CCC(=O)O)NC(=O)c1ccc(NCc2cnc3nc(N)[nH]c(=O)c3n2)cc1. The van der Waals surface area contributed by atoms with Crippen LogP contribution in [0.1, 0.15) is 67.4 Å². The molecule has 0 radical (unpaired) electrons. The summed E-state index contributed by atoms with van der Waals surface area (Å²) in [4.78, 5) is 51.2. The lowest BCUT2D eigenvalue weighted by molar-refractivity contribution is -0.137. The second-order valence-corrected chi connectivity index (χ2v) is 10.1. The van der Waals surface area contributed by atoms with Gasteiger partial charge in [0, 0.05) is 17.7 Å². The van der Waals surface area contributed by atoms with Crippen molar-refractivity contribution in [2.24, 2.45) is 5.92 Å². The molecule has 4 rings (SSSR count). The summed E-state index contributed by atoms with van der Waals surface area (Å²) in [6.45, 7) is 4.53. The molecule has 1 aliphatic rings. The van der Waals surface area contributed by atoms with Gasteiger partial charge in [-0.05, 0) is 62.3 Å². The third kappa shape index (κ3) is 7.98. The highest BCUT2D eigenvalue weighted by molar-refractivity contribution is 5.95. The zero-order valence-corrected chi connectivity index (χ0v) is 22.4. The molecule has 2 atom stereocenters. The van der Waals surface area contributed by atoms with E-state index in [4.69, 9.17) is 5.73 Å². The molecule has 2 heterocycles. The Morgan fingerprint density at radius 3 is 2.75 bits per heavy atom. The molecule has 3 aromatic rings. The van der Waals surface area contributed by atoms with Crippen molar-refractivity contribution < 1.29 is 14.7 Å². The minimum Gasteiger partial charge on any atom is -0.481 e. The maximum atomic E-state index is 13.1. The number of benzene rings is 1. The number of nitrogens with one attached hydrogen (secondary N) is 3. The van der Waals surface area contributed by atoms with Gasteiger partial charge in [0.25, 0.3) is 11.5 Å². The number of carboxylic acid groups (broad SMARTS) is 1. The third-order valence-corrected chi connectivity index (χ3v) is 6.93. The average molecular weight is 546 g/mol. The van der Waals surface area contributed by atoms with Crippen LogP contribution in [-0.2, 0) is 11.3 Å². The van der Waals surface area contributed by atoms with Gasteiger partial charge in [-0.25, -0.2) is 9.97 Å². The van der Waals surface area contributed by atoms with Crippen molar-refractivity contribution in [1.82, 2.24) is 25.3 Å². The zero-order valence-electron chi connectivity index (χ0n) is 22.4. The summed E-state index contributed by atoms with van der Waals surface area (Å²) in [6, 6.07) is 6.47. The molecule has 1 amide bonds. The van der Waals surface area contributed by atoms with Crippen LogP contribution in [0.15, 0.2) is 59.6 Å². The van der Waals surface area contributed by atoms with E-state index in [1.54, 1.807) is 24.3 Å². The van der Waals surface area contributed by atoms with E-state index in [0.29, 0.717) is 23.7 Å². The first-order chi connectivity index (χ1) is 19.3. The number of carboxylic acids is 1. The first-order valence-corrected chi connectivity index (χ1v) is 13.5. The Morgan fingerprint density at radius 2 is 1.98 bits per heavy atom. The number of nitrogens with zero attached hydrogens (tertiary/aromatic N) is 3. The second kappa shape index (κ2) is 13.5. The van der Waals surface area contributed by atoms with E-state index in [-0.39, 0.29) is 35.9 Å². The molecular formula is C29H35N7O4. The molecule has 1 unspecified atom stereocenters. The molecule has 0 spiro atoms. The quantitative estimate of drug-likeness (QED) is 0.223. The largest absolute Gasteiger partial charge is 0.481 e. The van der Waals surface area contributed by atoms with E-state index < -0.39 is 17.6 Å². The highest BCUT2D eigenvalue weighted by atomic mass is 16.4. The number of nitrogen functional groups attached to an aromatic ring is 1. The number of hydrogen-bond acceptors (Lipinski definition) is 8. The van der Waals surface area contributed by atoms with Crippen LogP contribution in [0.5, 0.6) is 0 Å². The van der Waals surface area contributed by atoms with Crippen LogP contribution in [0.2, 0.25) is 0 Å². The van der Waals surface area contributed by atoms with Gasteiger partial charge in [-0.3, -0.25) is 19.4 Å². The minimum absolute atomic E-state index is 0.0218. The molecule has 210 valence electrons. The van der Waals surface area contributed by atoms with Crippen molar-refractivity contribution in [3.8, 4) is 0 Å². The van der Waals surface area contributed by atoms with E-state index >= 15 is 0 Å². The molecule has 0 bridgehead atoms. The molecular weight excluding hydrogens is 510 g/mol. The number of aromatic amines is 1. The van der Waals surface area contributed by atoms with Gasteiger partial charge in [-0.2, -0.15) is 4.98 Å². The molecule has 11 heteroatoms. The molecule has 1 aliphatic carbocycles. The Morgan fingerprint density at radius 1 is 1.18 bits per heavy atom. The van der Waals surface area contributed by atoms with Gasteiger partial charge in [0.2, 0.25) is 5.95 Å². The number of nitrogens with two attached hydrogens (primary N) is 1. The highest BCUT2D eigenvalue weighted by Crippen LogP contribution is 2.25. The number of fused-ring (bicyclic) bond motifs is 1. The lowest BCUT2D eigenvalue weighted by Gasteiger charge is -2.24. The summed E-state index contributed by atoms with van der Waals surface area (Å²) in [7, 11) is 0. The summed E-state index contributed by atoms with van der Waals surface area (Å²) in [5, 5.41) is 15.4. The van der Waals surface area contributed by atoms with Crippen LogP contribution in [0.3, 0.4) is 0 Å². The standard InChI is InChI=1S/C29H35N7O4/c1-18(15-19-7-5-3-2-4-6-8-19)23(13-14-24(37)38)34-27(39)20-9-11-21(12-10-20)31-16-22-17-32-26-25(33-22)28(40)36-29(30)35-26/h5,7,9-12,17,19,23,31H,1-4,6,8,13-16H2,(H,34,39)(H,37,38)(H3,30,32,35,36,40)/b7-5+/t19?,23-/m1/s1. The fourth-order valence-corrected chi connectivity index (χ4v) is 4.76. The molecule has 11 nitrogen and oxygen atoms in total. The second-order valence-electron chi connectivity index (χ2n) is 10.1. The number of allylic oxidation sites excluding steroid dienone is 2. The number of anilines is 2. The van der Waals surface area contributed by atoms with Crippen molar-refractivity contribution in [3.05, 3.63) is 76.4 Å². The van der Waals surface area contributed by atoms with Crippen molar-refractivity contribution in [3.63, 3.8) is 0 Å². The summed E-state index contributed by atoms with van der Waals surface area (Å²) >= 11 is 0. The van der Waals surface area contributed by atoms with Crippen molar-refractivity contribution in [2.45, 2.75) is 64.0 Å². The summed E-state index contributed by atoms with van der Waals surface area (Å²) in [5.74, 6) is -0.869. The molecule has 0 saturated heterocycles. The summed E-state index contributed by atoms with van der Waals surface area (Å²) < 4.78 is 0. The van der Waals surface area contributed by atoms with Crippen LogP contribution in [0.25, 0.3) is 11.2 Å². The average Bonchev–Trinajstić information content (AvgIpc) is 2.91. The lowest BCUT2D eigenvalue weighted by Crippen LogP contribution is -2.37. The Hall–Kier alpha value is -4.54. The monoisotopic (exact) mass is 545 g/mol. The smallest absolute Gasteiger partial charge is 0.303 e. The Balaban J connectivity index is 1.37. The number of carbonyl (C=O) groups excluding carboxylic acids is 1. The first-order valence-electron chi connectivity index (χ1n) is 13.5. The molecule has 1 aromatic carbocycles. The van der Waals surface area contributed by atoms with Crippen LogP contribution in [0, 0.1) is 5.92 Å². The van der Waals surface area contributed by atoms with E-state index in [9.17, 15) is 19.5 Å². The lowest BCUT2D eigenvalue weighted by atomic mass is 9.88. The topological polar surface area (TPSA) is 176 Å². The van der Waals surface area contributed by atoms with Gasteiger partial charge in [0.05, 0.1) is 24.5 Å². The first kappa shape index (κ1) is 28.5. The van der Waals surface area contributed by atoms with Crippen LogP contribution in [0.4, 0.5) is 11.6 Å². The van der Waals surface area contributed by atoms with Crippen LogP contribution >= 0.6 is 0 Å². The van der Waals surface area contributed by atoms with Crippen LogP contribution in [-0.4, -0.2) is 43.0 Å². The van der Waals surface area contributed by atoms with Crippen molar-refractivity contribution >= 4 is 34.7 Å². The van der Waals surface area contributed by atoms with Gasteiger partial charge in [-0.1, -0.05) is 37.1 Å². The maximum Gasteiger partial charge on any atom is 0.303 e. The predicted octanol–water partition coefficient (Wildman–Crippen LogP) is 3.95. The Labute approximate surface area is 232 Å². The minimum atomic E-state index is -0.908. The molecule has 0 saturated carbocycles. The number of rotatable bonds is 11. The van der Waals surface area contributed by atoms with E-state index in [0.717, 1.165) is 36.9 Å². The Bertz CT molecular complexity index is 1450. The van der Waals surface area contributed by atoms with Crippen molar-refractivity contribution in [2.75, 3.05) is 11.1 Å². The number of amides is 1.